The smallest absolute Gasteiger partial charge is 0.193 e. The molecule has 2 aliphatic heterocycles. The van der Waals surface area contributed by atoms with Crippen molar-refractivity contribution in [3.63, 3.8) is 0 Å². The monoisotopic (exact) mass is 400 g/mol. The normalized spacial score (nSPS) is 21.2. The van der Waals surface area contributed by atoms with Gasteiger partial charge in [-0.25, -0.2) is 0 Å². The van der Waals surface area contributed by atoms with Crippen LogP contribution in [0, 0.1) is 5.92 Å². The van der Waals surface area contributed by atoms with E-state index >= 15 is 0 Å². The second-order valence-corrected chi connectivity index (χ2v) is 8.75. The van der Waals surface area contributed by atoms with Crippen molar-refractivity contribution in [1.29, 1.82) is 0 Å². The van der Waals surface area contributed by atoms with E-state index < -0.39 is 0 Å². The largest absolute Gasteiger partial charge is 0.379 e. The highest BCUT2D eigenvalue weighted by molar-refractivity contribution is 5.80. The number of ether oxygens (including phenoxy) is 1. The van der Waals surface area contributed by atoms with Crippen molar-refractivity contribution in [1.82, 2.24) is 15.1 Å². The Bertz CT molecular complexity index is 622. The number of guanidine groups is 1. The molecule has 1 atom stereocenters. The molecule has 0 radical (unpaired) electrons. The van der Waals surface area contributed by atoms with E-state index in [0.717, 1.165) is 77.2 Å². The van der Waals surface area contributed by atoms with Gasteiger partial charge in [0.25, 0.3) is 0 Å². The highest BCUT2D eigenvalue weighted by atomic mass is 16.5. The van der Waals surface area contributed by atoms with E-state index in [9.17, 15) is 0 Å². The van der Waals surface area contributed by atoms with Crippen molar-refractivity contribution < 1.29 is 4.74 Å². The number of nitrogens with zero attached hydrogens (tertiary/aromatic N) is 3. The van der Waals surface area contributed by atoms with E-state index in [4.69, 9.17) is 9.73 Å². The van der Waals surface area contributed by atoms with Gasteiger partial charge in [-0.15, -0.1) is 0 Å². The fourth-order valence-corrected chi connectivity index (χ4v) is 4.29. The zero-order valence-electron chi connectivity index (χ0n) is 18.7. The summed E-state index contributed by atoms with van der Waals surface area (Å²) in [5, 5.41) is 3.51. The predicted molar refractivity (Wildman–Crippen MR) is 122 cm³/mol. The molecule has 5 heteroatoms. The third kappa shape index (κ3) is 7.00. The first-order chi connectivity index (χ1) is 14.2. The second-order valence-electron chi connectivity index (χ2n) is 8.75. The van der Waals surface area contributed by atoms with Gasteiger partial charge in [-0.3, -0.25) is 9.89 Å². The Morgan fingerprint density at radius 3 is 2.62 bits per heavy atom. The standard InChI is InChI=1S/C24H40N4O/c1-4-25-24(26-12-5-6-21-7-9-23(10-8-21)20(2)3)28-13-11-22(19-28)18-27-14-16-29-17-15-27/h7-10,20,22H,4-6,11-19H2,1-3H3,(H,25,26). The minimum Gasteiger partial charge on any atom is -0.379 e. The van der Waals surface area contributed by atoms with E-state index in [0.29, 0.717) is 5.92 Å². The molecule has 0 amide bonds. The van der Waals surface area contributed by atoms with Crippen molar-refractivity contribution in [2.45, 2.75) is 46.0 Å². The van der Waals surface area contributed by atoms with Crippen LogP contribution in [0.1, 0.15) is 50.7 Å². The molecule has 0 bridgehead atoms. The Balaban J connectivity index is 1.44. The number of aryl methyl sites for hydroxylation is 1. The summed E-state index contributed by atoms with van der Waals surface area (Å²) in [5.74, 6) is 2.45. The van der Waals surface area contributed by atoms with Crippen LogP contribution in [-0.4, -0.2) is 74.8 Å². The van der Waals surface area contributed by atoms with E-state index in [2.05, 4.69) is 60.2 Å². The Morgan fingerprint density at radius 1 is 1.17 bits per heavy atom. The predicted octanol–water partition coefficient (Wildman–Crippen LogP) is 3.36. The van der Waals surface area contributed by atoms with Crippen LogP contribution in [0.3, 0.4) is 0 Å². The number of likely N-dealkylation sites (tertiary alicyclic amines) is 1. The molecular weight excluding hydrogens is 360 g/mol. The van der Waals surface area contributed by atoms with Gasteiger partial charge in [-0.05, 0) is 49.1 Å². The fraction of sp³-hybridized carbons (Fsp3) is 0.708. The first kappa shape index (κ1) is 22.1. The summed E-state index contributed by atoms with van der Waals surface area (Å²) in [6, 6.07) is 9.10. The number of hydrogen-bond acceptors (Lipinski definition) is 3. The molecule has 1 N–H and O–H groups in total. The van der Waals surface area contributed by atoms with E-state index in [1.54, 1.807) is 0 Å². The van der Waals surface area contributed by atoms with Gasteiger partial charge in [-0.2, -0.15) is 0 Å². The molecule has 2 saturated heterocycles. The molecule has 2 fully saturated rings. The molecule has 3 rings (SSSR count). The van der Waals surface area contributed by atoms with Gasteiger partial charge in [0, 0.05) is 45.8 Å². The molecule has 29 heavy (non-hydrogen) atoms. The zero-order valence-corrected chi connectivity index (χ0v) is 18.7. The van der Waals surface area contributed by atoms with Crippen LogP contribution >= 0.6 is 0 Å². The molecule has 2 heterocycles. The lowest BCUT2D eigenvalue weighted by Gasteiger charge is -2.29. The molecule has 0 saturated carbocycles. The number of aliphatic imine (C=N–C) groups is 1. The number of rotatable bonds is 8. The Labute approximate surface area is 177 Å². The third-order valence-corrected chi connectivity index (χ3v) is 6.07. The van der Waals surface area contributed by atoms with Crippen LogP contribution in [-0.2, 0) is 11.2 Å². The first-order valence-electron chi connectivity index (χ1n) is 11.6. The topological polar surface area (TPSA) is 40.1 Å². The van der Waals surface area contributed by atoms with Crippen LogP contribution in [0.15, 0.2) is 29.3 Å². The van der Waals surface area contributed by atoms with Crippen molar-refractivity contribution >= 4 is 5.96 Å². The minimum absolute atomic E-state index is 0.601. The van der Waals surface area contributed by atoms with Crippen LogP contribution < -0.4 is 5.32 Å². The summed E-state index contributed by atoms with van der Waals surface area (Å²) < 4.78 is 5.48. The van der Waals surface area contributed by atoms with Crippen molar-refractivity contribution in [2.24, 2.45) is 10.9 Å². The summed E-state index contributed by atoms with van der Waals surface area (Å²) >= 11 is 0. The van der Waals surface area contributed by atoms with Crippen LogP contribution in [0.2, 0.25) is 0 Å². The van der Waals surface area contributed by atoms with Crippen LogP contribution in [0.4, 0.5) is 0 Å². The highest BCUT2D eigenvalue weighted by Gasteiger charge is 2.27. The summed E-state index contributed by atoms with van der Waals surface area (Å²) in [7, 11) is 0. The van der Waals surface area contributed by atoms with Crippen LogP contribution in [0.25, 0.3) is 0 Å². The highest BCUT2D eigenvalue weighted by Crippen LogP contribution is 2.19. The lowest BCUT2D eigenvalue weighted by Crippen LogP contribution is -2.42. The first-order valence-corrected chi connectivity index (χ1v) is 11.6. The Kier molecular flexibility index (Phi) is 8.81. The van der Waals surface area contributed by atoms with Crippen molar-refractivity contribution in [3.8, 4) is 0 Å². The zero-order chi connectivity index (χ0) is 20.5. The van der Waals surface area contributed by atoms with E-state index in [-0.39, 0.29) is 0 Å². The summed E-state index contributed by atoms with van der Waals surface area (Å²) in [6.45, 7) is 15.9. The minimum atomic E-state index is 0.601. The van der Waals surface area contributed by atoms with Gasteiger partial charge in [0.1, 0.15) is 0 Å². The second kappa shape index (κ2) is 11.6. The summed E-state index contributed by atoms with van der Waals surface area (Å²) in [5.41, 5.74) is 2.84. The fourth-order valence-electron chi connectivity index (χ4n) is 4.29. The Morgan fingerprint density at radius 2 is 1.93 bits per heavy atom. The molecular formula is C24H40N4O. The SMILES string of the molecule is CCNC(=NCCCc1ccc(C(C)C)cc1)N1CCC(CN2CCOCC2)C1. The maximum Gasteiger partial charge on any atom is 0.193 e. The maximum absolute atomic E-state index is 5.48. The molecule has 0 aromatic heterocycles. The van der Waals surface area contributed by atoms with Crippen molar-refractivity contribution in [2.75, 3.05) is 59.0 Å². The quantitative estimate of drug-likeness (QED) is 0.413. The molecule has 2 aliphatic rings. The van der Waals surface area contributed by atoms with Gasteiger partial charge in [0.15, 0.2) is 5.96 Å². The third-order valence-electron chi connectivity index (χ3n) is 6.07. The number of benzene rings is 1. The van der Waals surface area contributed by atoms with Gasteiger partial charge in [0.05, 0.1) is 13.2 Å². The van der Waals surface area contributed by atoms with Gasteiger partial charge >= 0.3 is 0 Å². The van der Waals surface area contributed by atoms with Crippen LogP contribution in [0.5, 0.6) is 0 Å². The average Bonchev–Trinajstić information content (AvgIpc) is 3.19. The molecule has 0 spiro atoms. The van der Waals surface area contributed by atoms with E-state index in [1.807, 2.05) is 0 Å². The number of nitrogens with one attached hydrogen (secondary N) is 1. The van der Waals surface area contributed by atoms with Crippen molar-refractivity contribution in [3.05, 3.63) is 35.4 Å². The average molecular weight is 401 g/mol. The van der Waals surface area contributed by atoms with E-state index in [1.165, 1.54) is 24.1 Å². The Hall–Kier alpha value is -1.59. The van der Waals surface area contributed by atoms with Gasteiger partial charge < -0.3 is 15.0 Å². The molecule has 5 nitrogen and oxygen atoms in total. The molecule has 0 aliphatic carbocycles. The van der Waals surface area contributed by atoms with Gasteiger partial charge in [-0.1, -0.05) is 38.1 Å². The molecule has 1 aromatic rings. The number of hydrogen-bond donors (Lipinski definition) is 1. The van der Waals surface area contributed by atoms with Gasteiger partial charge in [0.2, 0.25) is 0 Å². The lowest BCUT2D eigenvalue weighted by atomic mass is 10.0. The lowest BCUT2D eigenvalue weighted by molar-refractivity contribution is 0.0315. The maximum atomic E-state index is 5.48. The molecule has 1 unspecified atom stereocenters. The number of morpholine rings is 1. The molecule has 162 valence electrons. The summed E-state index contributed by atoms with van der Waals surface area (Å²) in [6.07, 6.45) is 3.46. The summed E-state index contributed by atoms with van der Waals surface area (Å²) in [4.78, 5) is 9.96. The molecule has 1 aromatic carbocycles.